The molecule has 1 heterocycles. The molecule has 1 fully saturated rings. The molecule has 1 aliphatic heterocycles. The van der Waals surface area contributed by atoms with Gasteiger partial charge in [0.1, 0.15) is 5.75 Å². The Balaban J connectivity index is 2.23. The van der Waals surface area contributed by atoms with Gasteiger partial charge < -0.3 is 15.4 Å². The van der Waals surface area contributed by atoms with Gasteiger partial charge in [0.05, 0.1) is 7.11 Å². The minimum atomic E-state index is 0.165. The van der Waals surface area contributed by atoms with E-state index >= 15 is 0 Å². The van der Waals surface area contributed by atoms with E-state index in [1.165, 1.54) is 37.2 Å². The number of hydrogen-bond donors (Lipinski definition) is 1. The highest BCUT2D eigenvalue weighted by Crippen LogP contribution is 2.27. The number of anilines is 1. The topological polar surface area (TPSA) is 38.5 Å². The Hall–Kier alpha value is -1.22. The zero-order valence-electron chi connectivity index (χ0n) is 10.8. The maximum absolute atomic E-state index is 5.88. The Kier molecular flexibility index (Phi) is 3.89. The van der Waals surface area contributed by atoms with E-state index in [1.54, 1.807) is 7.11 Å². The van der Waals surface area contributed by atoms with Crippen LogP contribution in [0.4, 0.5) is 5.69 Å². The Labute approximate surface area is 104 Å². The van der Waals surface area contributed by atoms with Gasteiger partial charge in [-0.05, 0) is 49.9 Å². The molecule has 0 saturated carbocycles. The zero-order valence-corrected chi connectivity index (χ0v) is 10.8. The number of nitrogens with zero attached hydrogens (tertiary/aromatic N) is 1. The van der Waals surface area contributed by atoms with Gasteiger partial charge in [0.2, 0.25) is 0 Å². The highest BCUT2D eigenvalue weighted by molar-refractivity contribution is 5.54. The molecular weight excluding hydrogens is 212 g/mol. The van der Waals surface area contributed by atoms with Crippen molar-refractivity contribution in [1.29, 1.82) is 0 Å². The molecule has 2 rings (SSSR count). The molecule has 17 heavy (non-hydrogen) atoms. The van der Waals surface area contributed by atoms with Crippen molar-refractivity contribution in [3.8, 4) is 5.75 Å². The molecule has 0 bridgehead atoms. The second-order valence-electron chi connectivity index (χ2n) is 4.87. The van der Waals surface area contributed by atoms with Crippen LogP contribution in [-0.4, -0.2) is 26.2 Å². The van der Waals surface area contributed by atoms with Crippen LogP contribution in [0, 0.1) is 0 Å². The van der Waals surface area contributed by atoms with Crippen LogP contribution in [-0.2, 0) is 6.42 Å². The van der Waals surface area contributed by atoms with Crippen molar-refractivity contribution in [1.82, 2.24) is 0 Å². The number of ether oxygens (including phenoxy) is 1. The average molecular weight is 234 g/mol. The Morgan fingerprint density at radius 2 is 2.06 bits per heavy atom. The lowest BCUT2D eigenvalue weighted by molar-refractivity contribution is 0.408. The molecule has 0 amide bonds. The van der Waals surface area contributed by atoms with E-state index in [4.69, 9.17) is 10.5 Å². The third-order valence-corrected chi connectivity index (χ3v) is 3.28. The summed E-state index contributed by atoms with van der Waals surface area (Å²) in [6.07, 6.45) is 3.47. The van der Waals surface area contributed by atoms with Crippen LogP contribution in [0.1, 0.15) is 25.3 Å². The van der Waals surface area contributed by atoms with E-state index in [-0.39, 0.29) is 6.04 Å². The first-order valence-electron chi connectivity index (χ1n) is 6.38. The highest BCUT2D eigenvalue weighted by atomic mass is 16.5. The van der Waals surface area contributed by atoms with E-state index in [0.29, 0.717) is 0 Å². The van der Waals surface area contributed by atoms with E-state index in [1.807, 2.05) is 6.92 Å². The molecule has 94 valence electrons. The monoisotopic (exact) mass is 234 g/mol. The van der Waals surface area contributed by atoms with Gasteiger partial charge in [-0.2, -0.15) is 0 Å². The van der Waals surface area contributed by atoms with Crippen LogP contribution < -0.4 is 15.4 Å². The van der Waals surface area contributed by atoms with E-state index in [9.17, 15) is 0 Å². The number of benzene rings is 1. The van der Waals surface area contributed by atoms with Gasteiger partial charge in [-0.25, -0.2) is 0 Å². The summed E-state index contributed by atoms with van der Waals surface area (Å²) in [4.78, 5) is 2.43. The maximum atomic E-state index is 5.88. The van der Waals surface area contributed by atoms with Gasteiger partial charge in [0.25, 0.3) is 0 Å². The van der Waals surface area contributed by atoms with Gasteiger partial charge in [0, 0.05) is 24.8 Å². The van der Waals surface area contributed by atoms with Crippen LogP contribution in [0.2, 0.25) is 0 Å². The molecule has 0 radical (unpaired) electrons. The van der Waals surface area contributed by atoms with Gasteiger partial charge in [0.15, 0.2) is 0 Å². The minimum Gasteiger partial charge on any atom is -0.496 e. The first-order valence-corrected chi connectivity index (χ1v) is 6.38. The molecule has 1 aromatic rings. The lowest BCUT2D eigenvalue weighted by Crippen LogP contribution is -2.20. The van der Waals surface area contributed by atoms with E-state index < -0.39 is 0 Å². The first kappa shape index (κ1) is 12.2. The van der Waals surface area contributed by atoms with Gasteiger partial charge >= 0.3 is 0 Å². The Morgan fingerprint density at radius 1 is 1.35 bits per heavy atom. The van der Waals surface area contributed by atoms with Crippen molar-refractivity contribution in [3.05, 3.63) is 23.8 Å². The predicted octanol–water partition coefficient (Wildman–Crippen LogP) is 2.19. The largest absolute Gasteiger partial charge is 0.496 e. The molecule has 1 unspecified atom stereocenters. The Morgan fingerprint density at radius 3 is 2.65 bits per heavy atom. The van der Waals surface area contributed by atoms with Gasteiger partial charge in [-0.15, -0.1) is 0 Å². The number of nitrogens with two attached hydrogens (primary N) is 1. The molecule has 0 spiro atoms. The summed E-state index contributed by atoms with van der Waals surface area (Å²) in [5.74, 6) is 0.949. The molecule has 1 aromatic carbocycles. The molecule has 0 aromatic heterocycles. The number of methoxy groups -OCH3 is 1. The predicted molar refractivity (Wildman–Crippen MR) is 71.8 cm³/mol. The van der Waals surface area contributed by atoms with E-state index in [0.717, 1.165) is 12.2 Å². The smallest absolute Gasteiger partial charge is 0.122 e. The molecule has 2 N–H and O–H groups in total. The summed E-state index contributed by atoms with van der Waals surface area (Å²) < 4.78 is 5.39. The summed E-state index contributed by atoms with van der Waals surface area (Å²) in [6, 6.07) is 6.60. The summed E-state index contributed by atoms with van der Waals surface area (Å²) in [6.45, 7) is 4.37. The fraction of sp³-hybridized carbons (Fsp3) is 0.571. The van der Waals surface area contributed by atoms with Crippen LogP contribution >= 0.6 is 0 Å². The lowest BCUT2D eigenvalue weighted by Gasteiger charge is -2.20. The molecule has 1 atom stereocenters. The first-order chi connectivity index (χ1) is 8.20. The minimum absolute atomic E-state index is 0.165. The highest BCUT2D eigenvalue weighted by Gasteiger charge is 2.14. The Bertz CT molecular complexity index is 370. The van der Waals surface area contributed by atoms with Crippen LogP contribution in [0.5, 0.6) is 5.75 Å². The molecule has 1 aliphatic rings. The fourth-order valence-electron chi connectivity index (χ4n) is 2.44. The molecule has 3 heteroatoms. The molecule has 0 aliphatic carbocycles. The van der Waals surface area contributed by atoms with Gasteiger partial charge in [-0.1, -0.05) is 0 Å². The standard InChI is InChI=1S/C14H22N2O/c1-11(15)9-12-10-13(5-6-14(12)17-2)16-7-3-4-8-16/h5-6,10-11H,3-4,7-9,15H2,1-2H3. The summed E-state index contributed by atoms with van der Waals surface area (Å²) in [5.41, 5.74) is 8.40. The zero-order chi connectivity index (χ0) is 12.3. The fourth-order valence-corrected chi connectivity index (χ4v) is 2.44. The van der Waals surface area contributed by atoms with Crippen LogP contribution in [0.3, 0.4) is 0 Å². The third-order valence-electron chi connectivity index (χ3n) is 3.28. The van der Waals surface area contributed by atoms with Crippen molar-refractivity contribution in [2.75, 3.05) is 25.1 Å². The van der Waals surface area contributed by atoms with Gasteiger partial charge in [-0.3, -0.25) is 0 Å². The van der Waals surface area contributed by atoms with Crippen molar-refractivity contribution < 1.29 is 4.74 Å². The average Bonchev–Trinajstić information content (AvgIpc) is 2.81. The normalized spacial score (nSPS) is 17.2. The second-order valence-corrected chi connectivity index (χ2v) is 4.87. The molecule has 3 nitrogen and oxygen atoms in total. The summed E-state index contributed by atoms with van der Waals surface area (Å²) in [5, 5.41) is 0. The summed E-state index contributed by atoms with van der Waals surface area (Å²) in [7, 11) is 1.72. The van der Waals surface area contributed by atoms with Crippen molar-refractivity contribution in [2.24, 2.45) is 5.73 Å². The number of hydrogen-bond acceptors (Lipinski definition) is 3. The van der Waals surface area contributed by atoms with Crippen molar-refractivity contribution >= 4 is 5.69 Å². The number of rotatable bonds is 4. The third kappa shape index (κ3) is 2.91. The molecule has 1 saturated heterocycles. The maximum Gasteiger partial charge on any atom is 0.122 e. The lowest BCUT2D eigenvalue weighted by atomic mass is 10.1. The molecular formula is C14H22N2O. The van der Waals surface area contributed by atoms with E-state index in [2.05, 4.69) is 23.1 Å². The summed E-state index contributed by atoms with van der Waals surface area (Å²) >= 11 is 0. The van der Waals surface area contributed by atoms with Crippen LogP contribution in [0.15, 0.2) is 18.2 Å². The van der Waals surface area contributed by atoms with Crippen LogP contribution in [0.25, 0.3) is 0 Å². The van der Waals surface area contributed by atoms with Crippen molar-refractivity contribution in [3.63, 3.8) is 0 Å². The van der Waals surface area contributed by atoms with Crippen molar-refractivity contribution in [2.45, 2.75) is 32.2 Å². The SMILES string of the molecule is COc1ccc(N2CCCC2)cc1CC(C)N. The second kappa shape index (κ2) is 5.41. The quantitative estimate of drug-likeness (QED) is 0.868.